The summed E-state index contributed by atoms with van der Waals surface area (Å²) in [5, 5.41) is 10.7. The Balaban J connectivity index is 2.05. The first-order chi connectivity index (χ1) is 7.98. The van der Waals surface area contributed by atoms with Crippen LogP contribution in [0.25, 0.3) is 0 Å². The SMILES string of the molecule is NC1(C2(c3ccc(F)c([N+](=O)[O-])c3)CC2)CC1. The van der Waals surface area contributed by atoms with Crippen LogP contribution in [-0.4, -0.2) is 10.5 Å². The summed E-state index contributed by atoms with van der Waals surface area (Å²) in [7, 11) is 0. The average molecular weight is 236 g/mol. The fourth-order valence-electron chi connectivity index (χ4n) is 2.76. The smallest absolute Gasteiger partial charge is 0.305 e. The van der Waals surface area contributed by atoms with Gasteiger partial charge in [-0.1, -0.05) is 6.07 Å². The van der Waals surface area contributed by atoms with Gasteiger partial charge in [-0.2, -0.15) is 4.39 Å². The van der Waals surface area contributed by atoms with Gasteiger partial charge >= 0.3 is 5.69 Å². The molecule has 1 aromatic carbocycles. The van der Waals surface area contributed by atoms with Gasteiger partial charge in [-0.15, -0.1) is 0 Å². The Labute approximate surface area is 97.8 Å². The lowest BCUT2D eigenvalue weighted by Gasteiger charge is -2.23. The number of rotatable bonds is 3. The van der Waals surface area contributed by atoms with Crippen molar-refractivity contribution in [2.45, 2.75) is 36.6 Å². The van der Waals surface area contributed by atoms with Gasteiger partial charge in [-0.25, -0.2) is 0 Å². The van der Waals surface area contributed by atoms with Crippen LogP contribution in [0.2, 0.25) is 0 Å². The van der Waals surface area contributed by atoms with Crippen LogP contribution in [0.3, 0.4) is 0 Å². The van der Waals surface area contributed by atoms with E-state index in [1.165, 1.54) is 12.1 Å². The minimum atomic E-state index is -0.781. The van der Waals surface area contributed by atoms with E-state index in [4.69, 9.17) is 5.73 Å². The molecule has 4 nitrogen and oxygen atoms in total. The van der Waals surface area contributed by atoms with E-state index < -0.39 is 16.4 Å². The van der Waals surface area contributed by atoms with E-state index in [0.29, 0.717) is 0 Å². The predicted octanol–water partition coefficient (Wildman–Crippen LogP) is 2.26. The van der Waals surface area contributed by atoms with E-state index in [9.17, 15) is 14.5 Å². The van der Waals surface area contributed by atoms with Gasteiger partial charge in [-0.05, 0) is 37.3 Å². The van der Waals surface area contributed by atoms with Gasteiger partial charge in [0.15, 0.2) is 0 Å². The highest BCUT2D eigenvalue weighted by Crippen LogP contribution is 2.63. The predicted molar refractivity (Wildman–Crippen MR) is 60.1 cm³/mol. The third-order valence-electron chi connectivity index (χ3n) is 4.19. The summed E-state index contributed by atoms with van der Waals surface area (Å²) in [4.78, 5) is 10.0. The summed E-state index contributed by atoms with van der Waals surface area (Å²) >= 11 is 0. The van der Waals surface area contributed by atoms with Crippen molar-refractivity contribution in [2.24, 2.45) is 5.73 Å². The van der Waals surface area contributed by atoms with Crippen molar-refractivity contribution < 1.29 is 9.31 Å². The molecule has 0 aliphatic heterocycles. The van der Waals surface area contributed by atoms with Crippen LogP contribution in [0.1, 0.15) is 31.2 Å². The second-order valence-electron chi connectivity index (χ2n) is 5.16. The van der Waals surface area contributed by atoms with E-state index in [1.807, 2.05) is 0 Å². The van der Waals surface area contributed by atoms with E-state index in [0.717, 1.165) is 31.2 Å². The molecule has 0 unspecified atom stereocenters. The van der Waals surface area contributed by atoms with Crippen molar-refractivity contribution in [3.63, 3.8) is 0 Å². The molecule has 2 N–H and O–H groups in total. The van der Waals surface area contributed by atoms with Gasteiger partial charge < -0.3 is 5.73 Å². The third kappa shape index (κ3) is 1.38. The maximum atomic E-state index is 13.3. The first-order valence-corrected chi connectivity index (χ1v) is 5.72. The molecule has 5 heteroatoms. The monoisotopic (exact) mass is 236 g/mol. The summed E-state index contributed by atoms with van der Waals surface area (Å²) in [5.74, 6) is -0.781. The number of nitrogens with two attached hydrogens (primary N) is 1. The van der Waals surface area contributed by atoms with Crippen LogP contribution in [0.5, 0.6) is 0 Å². The van der Waals surface area contributed by atoms with Crippen molar-refractivity contribution in [3.8, 4) is 0 Å². The topological polar surface area (TPSA) is 69.2 Å². The normalized spacial score (nSPS) is 23.2. The summed E-state index contributed by atoms with van der Waals surface area (Å²) in [6.45, 7) is 0. The molecule has 17 heavy (non-hydrogen) atoms. The van der Waals surface area contributed by atoms with Crippen molar-refractivity contribution in [3.05, 3.63) is 39.7 Å². The van der Waals surface area contributed by atoms with Crippen molar-refractivity contribution >= 4 is 5.69 Å². The molecule has 0 amide bonds. The molecule has 0 saturated heterocycles. The Hall–Kier alpha value is -1.49. The fourth-order valence-corrected chi connectivity index (χ4v) is 2.76. The largest absolute Gasteiger partial charge is 0.324 e. The van der Waals surface area contributed by atoms with Crippen molar-refractivity contribution in [2.75, 3.05) is 0 Å². The minimum absolute atomic E-state index is 0.133. The van der Waals surface area contributed by atoms with Crippen LogP contribution in [0.4, 0.5) is 10.1 Å². The maximum absolute atomic E-state index is 13.3. The summed E-state index contributed by atoms with van der Waals surface area (Å²) < 4.78 is 13.3. The van der Waals surface area contributed by atoms with Gasteiger partial charge in [0.25, 0.3) is 0 Å². The molecule has 0 atom stereocenters. The van der Waals surface area contributed by atoms with Crippen LogP contribution >= 0.6 is 0 Å². The molecule has 2 aliphatic carbocycles. The number of hydrogen-bond acceptors (Lipinski definition) is 3. The molecule has 2 fully saturated rings. The number of nitro benzene ring substituents is 1. The highest BCUT2D eigenvalue weighted by Gasteiger charge is 2.64. The van der Waals surface area contributed by atoms with Crippen LogP contribution in [0.15, 0.2) is 18.2 Å². The molecule has 1 aromatic rings. The maximum Gasteiger partial charge on any atom is 0.305 e. The number of halogens is 1. The van der Waals surface area contributed by atoms with Gasteiger partial charge in [0.2, 0.25) is 5.82 Å². The van der Waals surface area contributed by atoms with Crippen molar-refractivity contribution in [1.82, 2.24) is 0 Å². The Morgan fingerprint density at radius 3 is 2.41 bits per heavy atom. The second-order valence-corrected chi connectivity index (χ2v) is 5.16. The first kappa shape index (κ1) is 10.7. The van der Waals surface area contributed by atoms with Crippen LogP contribution in [0, 0.1) is 15.9 Å². The molecule has 90 valence electrons. The van der Waals surface area contributed by atoms with Gasteiger partial charge in [0.05, 0.1) is 4.92 Å². The lowest BCUT2D eigenvalue weighted by atomic mass is 9.86. The van der Waals surface area contributed by atoms with Crippen LogP contribution in [-0.2, 0) is 5.41 Å². The lowest BCUT2D eigenvalue weighted by molar-refractivity contribution is -0.387. The number of nitro groups is 1. The zero-order valence-electron chi connectivity index (χ0n) is 9.28. The molecule has 2 aliphatic rings. The molecule has 2 saturated carbocycles. The second kappa shape index (κ2) is 3.04. The quantitative estimate of drug-likeness (QED) is 0.646. The third-order valence-corrected chi connectivity index (χ3v) is 4.19. The molecular formula is C12H13FN2O2. The number of hydrogen-bond donors (Lipinski definition) is 1. The fraction of sp³-hybridized carbons (Fsp3) is 0.500. The molecule has 0 spiro atoms. The molecule has 0 heterocycles. The van der Waals surface area contributed by atoms with Gasteiger partial charge in [-0.3, -0.25) is 10.1 Å². The zero-order valence-corrected chi connectivity index (χ0v) is 9.28. The standard InChI is InChI=1S/C12H13FN2O2/c13-9-2-1-8(7-10(9)15(16)17)11(3-4-11)12(14)5-6-12/h1-2,7H,3-6,14H2. The summed E-state index contributed by atoms with van der Waals surface area (Å²) in [6.07, 6.45) is 3.81. The minimum Gasteiger partial charge on any atom is -0.324 e. The van der Waals surface area contributed by atoms with Crippen LogP contribution < -0.4 is 5.73 Å². The highest BCUT2D eigenvalue weighted by atomic mass is 19.1. The van der Waals surface area contributed by atoms with E-state index in [2.05, 4.69) is 0 Å². The van der Waals surface area contributed by atoms with E-state index >= 15 is 0 Å². The average Bonchev–Trinajstić information content (AvgIpc) is 3.14. The van der Waals surface area contributed by atoms with E-state index in [1.54, 1.807) is 6.07 Å². The number of nitrogens with zero attached hydrogens (tertiary/aromatic N) is 1. The summed E-state index contributed by atoms with van der Waals surface area (Å²) in [6, 6.07) is 4.18. The Morgan fingerprint density at radius 2 is 1.94 bits per heavy atom. The van der Waals surface area contributed by atoms with Crippen molar-refractivity contribution in [1.29, 1.82) is 0 Å². The van der Waals surface area contributed by atoms with E-state index in [-0.39, 0.29) is 11.0 Å². The molecule has 0 bridgehead atoms. The summed E-state index contributed by atoms with van der Waals surface area (Å²) in [5.41, 5.74) is 6.25. The Bertz CT molecular complexity index is 507. The van der Waals surface area contributed by atoms with Gasteiger partial charge in [0.1, 0.15) is 0 Å². The highest BCUT2D eigenvalue weighted by molar-refractivity contribution is 5.46. The lowest BCUT2D eigenvalue weighted by Crippen LogP contribution is -2.37. The zero-order chi connectivity index (χ0) is 12.3. The molecule has 0 radical (unpaired) electrons. The molecule has 0 aromatic heterocycles. The Kier molecular flexibility index (Phi) is 1.91. The van der Waals surface area contributed by atoms with Gasteiger partial charge in [0, 0.05) is 17.0 Å². The number of benzene rings is 1. The Morgan fingerprint density at radius 1 is 1.29 bits per heavy atom. The molecular weight excluding hydrogens is 223 g/mol. The first-order valence-electron chi connectivity index (χ1n) is 5.72. The molecule has 3 rings (SSSR count).